The summed E-state index contributed by atoms with van der Waals surface area (Å²) in [5.74, 6) is 0.879. The van der Waals surface area contributed by atoms with Crippen LogP contribution in [0.2, 0.25) is 0 Å². The van der Waals surface area contributed by atoms with Crippen molar-refractivity contribution in [3.8, 4) is 0 Å². The number of nitrogens with zero attached hydrogens (tertiary/aromatic N) is 1. The molecule has 3 rings (SSSR count). The Balaban J connectivity index is 2.25. The molecule has 1 aromatic carbocycles. The number of carbonyl (C=O) groups is 1. The van der Waals surface area contributed by atoms with Gasteiger partial charge in [0.2, 0.25) is 5.91 Å². The molecule has 0 fully saturated rings. The Morgan fingerprint density at radius 3 is 2.65 bits per heavy atom. The molecule has 0 unspecified atom stereocenters. The zero-order valence-electron chi connectivity index (χ0n) is 11.5. The molecular formula is C16H17N3O. The highest BCUT2D eigenvalue weighted by molar-refractivity contribution is 6.08. The van der Waals surface area contributed by atoms with Crippen molar-refractivity contribution < 1.29 is 4.79 Å². The van der Waals surface area contributed by atoms with E-state index in [1.54, 1.807) is 12.2 Å². The first-order chi connectivity index (χ1) is 9.60. The minimum absolute atomic E-state index is 0.0108. The predicted molar refractivity (Wildman–Crippen MR) is 80.8 cm³/mol. The highest BCUT2D eigenvalue weighted by atomic mass is 16.2. The summed E-state index contributed by atoms with van der Waals surface area (Å²) in [6, 6.07) is 3.95. The van der Waals surface area contributed by atoms with Crippen molar-refractivity contribution in [3.63, 3.8) is 0 Å². The van der Waals surface area contributed by atoms with E-state index in [1.807, 2.05) is 19.1 Å². The van der Waals surface area contributed by atoms with Crippen LogP contribution in [0.1, 0.15) is 24.2 Å². The number of aryl methyl sites for hydroxylation is 1. The fourth-order valence-electron chi connectivity index (χ4n) is 3.03. The zero-order chi connectivity index (χ0) is 14.3. The number of benzene rings is 1. The summed E-state index contributed by atoms with van der Waals surface area (Å²) in [6.45, 7) is 9.50. The molecule has 0 atom stereocenters. The maximum atomic E-state index is 12.5. The van der Waals surface area contributed by atoms with Gasteiger partial charge in [0.1, 0.15) is 5.82 Å². The van der Waals surface area contributed by atoms with E-state index in [2.05, 4.69) is 28.4 Å². The SMILES string of the molecule is C=CCC1(CC=C)C(=O)Nc2cc3nc(C)[nH]c3cc21. The summed E-state index contributed by atoms with van der Waals surface area (Å²) >= 11 is 0. The molecule has 2 heterocycles. The lowest BCUT2D eigenvalue weighted by atomic mass is 9.76. The van der Waals surface area contributed by atoms with E-state index in [0.717, 1.165) is 28.1 Å². The Morgan fingerprint density at radius 1 is 1.30 bits per heavy atom. The van der Waals surface area contributed by atoms with Gasteiger partial charge in [0.15, 0.2) is 0 Å². The second-order valence-corrected chi connectivity index (χ2v) is 5.26. The minimum Gasteiger partial charge on any atom is -0.342 e. The van der Waals surface area contributed by atoms with Gasteiger partial charge in [-0.05, 0) is 37.5 Å². The van der Waals surface area contributed by atoms with Gasteiger partial charge < -0.3 is 10.3 Å². The fourth-order valence-corrected chi connectivity index (χ4v) is 3.03. The first kappa shape index (κ1) is 12.7. The van der Waals surface area contributed by atoms with Crippen LogP contribution in [0.5, 0.6) is 0 Å². The van der Waals surface area contributed by atoms with Crippen molar-refractivity contribution in [2.45, 2.75) is 25.2 Å². The van der Waals surface area contributed by atoms with E-state index in [-0.39, 0.29) is 5.91 Å². The molecule has 1 amide bonds. The van der Waals surface area contributed by atoms with Crippen molar-refractivity contribution in [3.05, 3.63) is 48.8 Å². The van der Waals surface area contributed by atoms with Gasteiger partial charge in [-0.15, -0.1) is 13.2 Å². The molecule has 0 radical (unpaired) electrons. The van der Waals surface area contributed by atoms with Gasteiger partial charge in [0, 0.05) is 5.69 Å². The number of hydrogen-bond donors (Lipinski definition) is 2. The van der Waals surface area contributed by atoms with Gasteiger partial charge in [-0.25, -0.2) is 4.98 Å². The second-order valence-electron chi connectivity index (χ2n) is 5.26. The highest BCUT2D eigenvalue weighted by Crippen LogP contribution is 2.44. The Morgan fingerprint density at radius 2 is 2.00 bits per heavy atom. The number of imidazole rings is 1. The second kappa shape index (κ2) is 4.34. The van der Waals surface area contributed by atoms with Crippen molar-refractivity contribution in [1.29, 1.82) is 0 Å². The van der Waals surface area contributed by atoms with Crippen molar-refractivity contribution >= 4 is 22.6 Å². The van der Waals surface area contributed by atoms with E-state index in [4.69, 9.17) is 0 Å². The van der Waals surface area contributed by atoms with Crippen molar-refractivity contribution in [2.24, 2.45) is 0 Å². The molecule has 0 saturated carbocycles. The number of allylic oxidation sites excluding steroid dienone is 2. The normalized spacial score (nSPS) is 15.9. The number of anilines is 1. The van der Waals surface area contributed by atoms with Crippen LogP contribution in [0, 0.1) is 6.92 Å². The third-order valence-electron chi connectivity index (χ3n) is 3.92. The number of hydrogen-bond acceptors (Lipinski definition) is 2. The summed E-state index contributed by atoms with van der Waals surface area (Å²) in [5.41, 5.74) is 3.08. The minimum atomic E-state index is -0.591. The van der Waals surface area contributed by atoms with Gasteiger partial charge in [-0.3, -0.25) is 4.79 Å². The molecule has 1 aliphatic rings. The lowest BCUT2D eigenvalue weighted by Gasteiger charge is -2.24. The zero-order valence-corrected chi connectivity index (χ0v) is 11.5. The molecule has 20 heavy (non-hydrogen) atoms. The first-order valence-electron chi connectivity index (χ1n) is 6.65. The van der Waals surface area contributed by atoms with Crippen LogP contribution in [-0.2, 0) is 10.2 Å². The van der Waals surface area contributed by atoms with Crippen LogP contribution < -0.4 is 5.32 Å². The van der Waals surface area contributed by atoms with Crippen molar-refractivity contribution in [2.75, 3.05) is 5.32 Å². The Bertz CT molecular complexity index is 717. The fraction of sp³-hybridized carbons (Fsp3) is 0.250. The van der Waals surface area contributed by atoms with Crippen LogP contribution in [0.25, 0.3) is 11.0 Å². The smallest absolute Gasteiger partial charge is 0.235 e. The molecule has 4 heteroatoms. The molecule has 0 saturated heterocycles. The number of H-pyrrole nitrogens is 1. The van der Waals surface area contributed by atoms with Crippen LogP contribution in [0.3, 0.4) is 0 Å². The molecule has 4 nitrogen and oxygen atoms in total. The van der Waals surface area contributed by atoms with Gasteiger partial charge in [-0.1, -0.05) is 12.2 Å². The molecule has 2 aromatic rings. The number of carbonyl (C=O) groups excluding carboxylic acids is 1. The molecular weight excluding hydrogens is 250 g/mol. The maximum absolute atomic E-state index is 12.5. The number of amides is 1. The molecule has 1 aliphatic heterocycles. The summed E-state index contributed by atoms with van der Waals surface area (Å²) in [6.07, 6.45) is 4.77. The van der Waals surface area contributed by atoms with E-state index in [9.17, 15) is 4.79 Å². The van der Waals surface area contributed by atoms with Gasteiger partial charge in [0.25, 0.3) is 0 Å². The molecule has 0 bridgehead atoms. The largest absolute Gasteiger partial charge is 0.342 e. The quantitative estimate of drug-likeness (QED) is 0.836. The van der Waals surface area contributed by atoms with Crippen LogP contribution in [-0.4, -0.2) is 15.9 Å². The van der Waals surface area contributed by atoms with Crippen LogP contribution >= 0.6 is 0 Å². The van der Waals surface area contributed by atoms with E-state index in [0.29, 0.717) is 12.8 Å². The molecule has 0 aliphatic carbocycles. The van der Waals surface area contributed by atoms with Gasteiger partial charge in [-0.2, -0.15) is 0 Å². The predicted octanol–water partition coefficient (Wildman–Crippen LogP) is 3.21. The number of fused-ring (bicyclic) bond motifs is 2. The van der Waals surface area contributed by atoms with Crippen molar-refractivity contribution in [1.82, 2.24) is 9.97 Å². The molecule has 0 spiro atoms. The third-order valence-corrected chi connectivity index (χ3v) is 3.92. The van der Waals surface area contributed by atoms with E-state index >= 15 is 0 Å². The molecule has 2 N–H and O–H groups in total. The number of rotatable bonds is 4. The molecule has 1 aromatic heterocycles. The van der Waals surface area contributed by atoms with Crippen LogP contribution in [0.15, 0.2) is 37.4 Å². The number of aromatic amines is 1. The summed E-state index contributed by atoms with van der Waals surface area (Å²) < 4.78 is 0. The van der Waals surface area contributed by atoms with Crippen LogP contribution in [0.4, 0.5) is 5.69 Å². The Hall–Kier alpha value is -2.36. The lowest BCUT2D eigenvalue weighted by molar-refractivity contribution is -0.120. The number of nitrogens with one attached hydrogen (secondary N) is 2. The Labute approximate surface area is 117 Å². The summed E-state index contributed by atoms with van der Waals surface area (Å²) in [7, 11) is 0. The average molecular weight is 267 g/mol. The third kappa shape index (κ3) is 1.61. The first-order valence-corrected chi connectivity index (χ1v) is 6.65. The highest BCUT2D eigenvalue weighted by Gasteiger charge is 2.45. The van der Waals surface area contributed by atoms with Gasteiger partial charge >= 0.3 is 0 Å². The maximum Gasteiger partial charge on any atom is 0.235 e. The van der Waals surface area contributed by atoms with E-state index < -0.39 is 5.41 Å². The molecule has 102 valence electrons. The standard InChI is InChI=1S/C16H17N3O/c1-4-6-16(7-5-2)11-8-13-14(18-10(3)17-13)9-12(11)19-15(16)20/h4-5,8-9H,1-2,6-7H2,3H3,(H,17,18)(H,19,20). The lowest BCUT2D eigenvalue weighted by Crippen LogP contribution is -2.33. The monoisotopic (exact) mass is 267 g/mol. The summed E-state index contributed by atoms with van der Waals surface area (Å²) in [5, 5.41) is 2.97. The van der Waals surface area contributed by atoms with E-state index in [1.165, 1.54) is 0 Å². The number of aromatic nitrogens is 2. The Kier molecular flexibility index (Phi) is 2.74. The average Bonchev–Trinajstić information content (AvgIpc) is 2.87. The summed E-state index contributed by atoms with van der Waals surface area (Å²) in [4.78, 5) is 20.1. The van der Waals surface area contributed by atoms with Gasteiger partial charge in [0.05, 0.1) is 16.4 Å². The topological polar surface area (TPSA) is 57.8 Å².